The largest absolute Gasteiger partial charge is 0.399 e. The fourth-order valence-electron chi connectivity index (χ4n) is 3.53. The van der Waals surface area contributed by atoms with Crippen molar-refractivity contribution in [1.82, 2.24) is 9.97 Å². The fraction of sp³-hybridized carbons (Fsp3) is 0.412. The van der Waals surface area contributed by atoms with Crippen molar-refractivity contribution in [2.24, 2.45) is 0 Å². The first kappa shape index (κ1) is 14.3. The molecule has 1 aromatic carbocycles. The van der Waals surface area contributed by atoms with Crippen LogP contribution in [0.5, 0.6) is 0 Å². The number of hydrogen-bond acceptors (Lipinski definition) is 6. The Labute approximate surface area is 135 Å². The Balaban J connectivity index is 1.62. The Morgan fingerprint density at radius 1 is 1.30 bits per heavy atom. The quantitative estimate of drug-likeness (QED) is 0.732. The second kappa shape index (κ2) is 5.70. The molecule has 0 spiro atoms. The van der Waals surface area contributed by atoms with Crippen molar-refractivity contribution in [2.75, 3.05) is 29.0 Å². The van der Waals surface area contributed by atoms with E-state index in [0.717, 1.165) is 54.3 Å². The third kappa shape index (κ3) is 2.70. The molecule has 1 aromatic heterocycles. The molecule has 4 N–H and O–H groups in total. The van der Waals surface area contributed by atoms with Crippen molar-refractivity contribution in [1.29, 1.82) is 0 Å². The van der Waals surface area contributed by atoms with Gasteiger partial charge < -0.3 is 21.1 Å². The topological polar surface area (TPSA) is 87.3 Å². The van der Waals surface area contributed by atoms with E-state index in [1.165, 1.54) is 0 Å². The molecule has 6 heteroatoms. The highest BCUT2D eigenvalue weighted by Crippen LogP contribution is 2.38. The maximum atomic E-state index is 9.94. The third-order valence-electron chi connectivity index (χ3n) is 4.65. The lowest BCUT2D eigenvalue weighted by Gasteiger charge is -2.31. The molecule has 3 heterocycles. The minimum absolute atomic E-state index is 0.165. The molecule has 0 bridgehead atoms. The first-order chi connectivity index (χ1) is 11.2. The summed E-state index contributed by atoms with van der Waals surface area (Å²) in [6.07, 6.45) is 4.03. The molecular weight excluding hydrogens is 290 g/mol. The maximum Gasteiger partial charge on any atom is 0.137 e. The van der Waals surface area contributed by atoms with E-state index in [4.69, 9.17) is 5.73 Å². The van der Waals surface area contributed by atoms with Crippen molar-refractivity contribution in [3.8, 4) is 0 Å². The van der Waals surface area contributed by atoms with Gasteiger partial charge in [-0.3, -0.25) is 0 Å². The first-order valence-electron chi connectivity index (χ1n) is 8.09. The van der Waals surface area contributed by atoms with E-state index < -0.39 is 0 Å². The normalized spacial score (nSPS) is 23.4. The molecule has 23 heavy (non-hydrogen) atoms. The summed E-state index contributed by atoms with van der Waals surface area (Å²) in [4.78, 5) is 11.1. The minimum atomic E-state index is -0.270. The Morgan fingerprint density at radius 3 is 3.04 bits per heavy atom. The summed E-state index contributed by atoms with van der Waals surface area (Å²) in [5, 5.41) is 13.4. The standard InChI is InChI=1S/C17H21N5O/c18-12-4-1-3-11(7-12)15-8-14-16(21-15)19-10-20-17(14)22-6-2-5-13(23)9-22/h1,3-4,7,10,13,15,23H,2,5-6,8-9,18H2,(H,19,20,21). The fourth-order valence-corrected chi connectivity index (χ4v) is 3.53. The number of hydrogen-bond donors (Lipinski definition) is 3. The maximum absolute atomic E-state index is 9.94. The highest BCUT2D eigenvalue weighted by molar-refractivity contribution is 5.64. The molecule has 2 aliphatic heterocycles. The van der Waals surface area contributed by atoms with Crippen molar-refractivity contribution in [2.45, 2.75) is 31.4 Å². The highest BCUT2D eigenvalue weighted by atomic mass is 16.3. The number of piperidine rings is 1. The number of nitrogens with two attached hydrogens (primary N) is 1. The van der Waals surface area contributed by atoms with Crippen LogP contribution in [0.15, 0.2) is 30.6 Å². The minimum Gasteiger partial charge on any atom is -0.399 e. The molecule has 0 amide bonds. The highest BCUT2D eigenvalue weighted by Gasteiger charge is 2.30. The SMILES string of the molecule is Nc1cccc(C2Cc3c(ncnc3N3CCCC(O)C3)N2)c1. The van der Waals surface area contributed by atoms with E-state index in [1.54, 1.807) is 6.33 Å². The molecule has 4 rings (SSSR count). The van der Waals surface area contributed by atoms with Crippen LogP contribution >= 0.6 is 0 Å². The van der Waals surface area contributed by atoms with Crippen molar-refractivity contribution in [3.05, 3.63) is 41.7 Å². The first-order valence-corrected chi connectivity index (χ1v) is 8.09. The van der Waals surface area contributed by atoms with Crippen LogP contribution in [0.25, 0.3) is 0 Å². The van der Waals surface area contributed by atoms with Gasteiger partial charge in [0.05, 0.1) is 12.1 Å². The summed E-state index contributed by atoms with van der Waals surface area (Å²) < 4.78 is 0. The van der Waals surface area contributed by atoms with Gasteiger partial charge in [0, 0.05) is 30.8 Å². The van der Waals surface area contributed by atoms with Gasteiger partial charge in [-0.2, -0.15) is 0 Å². The molecule has 6 nitrogen and oxygen atoms in total. The van der Waals surface area contributed by atoms with Crippen LogP contribution in [0.2, 0.25) is 0 Å². The molecule has 0 radical (unpaired) electrons. The van der Waals surface area contributed by atoms with Crippen LogP contribution < -0.4 is 16.0 Å². The van der Waals surface area contributed by atoms with Gasteiger partial charge in [-0.25, -0.2) is 9.97 Å². The van der Waals surface area contributed by atoms with Gasteiger partial charge in [0.15, 0.2) is 0 Å². The predicted molar refractivity (Wildman–Crippen MR) is 90.4 cm³/mol. The molecule has 0 aliphatic carbocycles. The molecule has 1 fully saturated rings. The number of β-amino-alcohol motifs (C(OH)–C–C–N with tert-alkyl or cyclic N) is 1. The number of benzene rings is 1. The van der Waals surface area contributed by atoms with Gasteiger partial charge in [-0.1, -0.05) is 12.1 Å². The van der Waals surface area contributed by atoms with Crippen LogP contribution in [0, 0.1) is 0 Å². The van der Waals surface area contributed by atoms with Crippen LogP contribution in [-0.4, -0.2) is 34.3 Å². The summed E-state index contributed by atoms with van der Waals surface area (Å²) in [6, 6.07) is 8.12. The van der Waals surface area contributed by atoms with Crippen LogP contribution in [-0.2, 0) is 6.42 Å². The second-order valence-electron chi connectivity index (χ2n) is 6.34. The molecule has 2 aromatic rings. The summed E-state index contributed by atoms with van der Waals surface area (Å²) >= 11 is 0. The molecule has 1 saturated heterocycles. The number of nitrogen functional groups attached to an aromatic ring is 1. The van der Waals surface area contributed by atoms with Crippen LogP contribution in [0.4, 0.5) is 17.3 Å². The zero-order valence-corrected chi connectivity index (χ0v) is 12.9. The number of nitrogens with zero attached hydrogens (tertiary/aromatic N) is 3. The zero-order chi connectivity index (χ0) is 15.8. The van der Waals surface area contributed by atoms with Crippen molar-refractivity contribution >= 4 is 17.3 Å². The lowest BCUT2D eigenvalue weighted by molar-refractivity contribution is 0.154. The van der Waals surface area contributed by atoms with Crippen LogP contribution in [0.3, 0.4) is 0 Å². The Morgan fingerprint density at radius 2 is 2.22 bits per heavy atom. The molecule has 2 unspecified atom stereocenters. The van der Waals surface area contributed by atoms with E-state index in [0.29, 0.717) is 6.54 Å². The van der Waals surface area contributed by atoms with Gasteiger partial charge in [0.2, 0.25) is 0 Å². The van der Waals surface area contributed by atoms with Crippen LogP contribution in [0.1, 0.15) is 30.0 Å². The number of rotatable bonds is 2. The molecule has 0 saturated carbocycles. The smallest absolute Gasteiger partial charge is 0.137 e. The Kier molecular flexibility index (Phi) is 3.53. The average molecular weight is 311 g/mol. The van der Waals surface area contributed by atoms with E-state index in [9.17, 15) is 5.11 Å². The molecular formula is C17H21N5O. The number of nitrogens with one attached hydrogen (secondary N) is 1. The monoisotopic (exact) mass is 311 g/mol. The van der Waals surface area contributed by atoms with Crippen molar-refractivity contribution in [3.63, 3.8) is 0 Å². The van der Waals surface area contributed by atoms with Gasteiger partial charge in [-0.15, -0.1) is 0 Å². The third-order valence-corrected chi connectivity index (χ3v) is 4.65. The lowest BCUT2D eigenvalue weighted by Crippen LogP contribution is -2.39. The van der Waals surface area contributed by atoms with E-state index in [2.05, 4.69) is 26.3 Å². The summed E-state index contributed by atoms with van der Waals surface area (Å²) in [5.74, 6) is 1.84. The number of anilines is 3. The Hall–Kier alpha value is -2.34. The second-order valence-corrected chi connectivity index (χ2v) is 6.34. The van der Waals surface area contributed by atoms with Gasteiger partial charge >= 0.3 is 0 Å². The van der Waals surface area contributed by atoms with Crippen molar-refractivity contribution < 1.29 is 5.11 Å². The van der Waals surface area contributed by atoms with E-state index >= 15 is 0 Å². The average Bonchev–Trinajstić information content (AvgIpc) is 2.99. The van der Waals surface area contributed by atoms with E-state index in [-0.39, 0.29) is 12.1 Å². The number of fused-ring (bicyclic) bond motifs is 1. The van der Waals surface area contributed by atoms with E-state index in [1.807, 2.05) is 18.2 Å². The van der Waals surface area contributed by atoms with Gasteiger partial charge in [-0.05, 0) is 30.5 Å². The summed E-state index contributed by atoms with van der Waals surface area (Å²) in [6.45, 7) is 1.58. The zero-order valence-electron chi connectivity index (χ0n) is 12.9. The summed E-state index contributed by atoms with van der Waals surface area (Å²) in [5.41, 5.74) is 8.96. The summed E-state index contributed by atoms with van der Waals surface area (Å²) in [7, 11) is 0. The molecule has 2 atom stereocenters. The predicted octanol–water partition coefficient (Wildman–Crippen LogP) is 1.73. The van der Waals surface area contributed by atoms with Gasteiger partial charge in [0.1, 0.15) is 18.0 Å². The number of aliphatic hydroxyl groups is 1. The van der Waals surface area contributed by atoms with Gasteiger partial charge in [0.25, 0.3) is 0 Å². The lowest BCUT2D eigenvalue weighted by atomic mass is 10.0. The Bertz CT molecular complexity index is 720. The molecule has 120 valence electrons. The molecule has 2 aliphatic rings. The number of aromatic nitrogens is 2. The number of aliphatic hydroxyl groups excluding tert-OH is 1.